The van der Waals surface area contributed by atoms with Crippen molar-refractivity contribution in [2.45, 2.75) is 6.18 Å². The first-order chi connectivity index (χ1) is 11.6. The molecule has 0 aliphatic carbocycles. The molecule has 0 saturated carbocycles. The van der Waals surface area contributed by atoms with Crippen LogP contribution in [0.25, 0.3) is 16.7 Å². The van der Waals surface area contributed by atoms with Crippen molar-refractivity contribution in [2.75, 3.05) is 0 Å². The average Bonchev–Trinajstić information content (AvgIpc) is 2.93. The monoisotopic (exact) mass is 355 g/mol. The highest BCUT2D eigenvalue weighted by Gasteiger charge is 2.35. The smallest absolute Gasteiger partial charge is 0.431 e. The van der Waals surface area contributed by atoms with E-state index < -0.39 is 28.0 Å². The Kier molecular flexibility index (Phi) is 3.51. The molecule has 0 fully saturated rings. The second kappa shape index (κ2) is 5.33. The lowest BCUT2D eigenvalue weighted by Gasteiger charge is -2.13. The number of alkyl halides is 3. The van der Waals surface area contributed by atoms with Crippen molar-refractivity contribution in [1.82, 2.24) is 9.13 Å². The van der Waals surface area contributed by atoms with Gasteiger partial charge in [0.2, 0.25) is 0 Å². The number of aromatic nitrogens is 2. The summed E-state index contributed by atoms with van der Waals surface area (Å²) in [5.74, 6) is 0. The Labute approximate surface area is 135 Å². The molecule has 0 spiro atoms. The topological polar surface area (TPSA) is 100 Å². The van der Waals surface area contributed by atoms with Gasteiger partial charge in [-0.05, 0) is 6.07 Å². The van der Waals surface area contributed by atoms with Gasteiger partial charge < -0.3 is 4.42 Å². The summed E-state index contributed by atoms with van der Waals surface area (Å²) in [4.78, 5) is 34.5. The minimum atomic E-state index is -4.89. The quantitative estimate of drug-likeness (QED) is 0.518. The van der Waals surface area contributed by atoms with Crippen LogP contribution in [-0.4, -0.2) is 14.1 Å². The van der Waals surface area contributed by atoms with Gasteiger partial charge in [-0.1, -0.05) is 0 Å². The molecule has 0 aliphatic rings. The molecule has 25 heavy (non-hydrogen) atoms. The van der Waals surface area contributed by atoms with Gasteiger partial charge in [-0.25, -0.2) is 9.36 Å². The zero-order valence-corrected chi connectivity index (χ0v) is 12.4. The third-order valence-electron chi connectivity index (χ3n) is 3.60. The van der Waals surface area contributed by atoms with E-state index in [9.17, 15) is 32.9 Å². The SMILES string of the molecule is Cn1c(C(F)(F)F)cc(=O)n(-c2coc3ccc([N+](=O)[O-])cc23)c1=O. The number of nitro benzene ring substituents is 1. The molecule has 0 N–H and O–H groups in total. The third kappa shape index (κ3) is 2.58. The van der Waals surface area contributed by atoms with E-state index in [-0.39, 0.29) is 33.0 Å². The van der Waals surface area contributed by atoms with Crippen LogP contribution in [0.15, 0.2) is 44.5 Å². The highest BCUT2D eigenvalue weighted by atomic mass is 19.4. The summed E-state index contributed by atoms with van der Waals surface area (Å²) in [7, 11) is 0.867. The number of hydrogen-bond donors (Lipinski definition) is 0. The molecule has 0 atom stereocenters. The molecule has 0 unspecified atom stereocenters. The van der Waals surface area contributed by atoms with E-state index in [1.165, 1.54) is 6.07 Å². The van der Waals surface area contributed by atoms with Crippen LogP contribution in [0.2, 0.25) is 0 Å². The first-order valence-electron chi connectivity index (χ1n) is 6.67. The lowest BCUT2D eigenvalue weighted by atomic mass is 10.2. The summed E-state index contributed by atoms with van der Waals surface area (Å²) >= 11 is 0. The summed E-state index contributed by atoms with van der Waals surface area (Å²) in [5.41, 5.74) is -4.27. The largest absolute Gasteiger partial charge is 0.462 e. The molecule has 0 aliphatic heterocycles. The second-order valence-corrected chi connectivity index (χ2v) is 5.10. The summed E-state index contributed by atoms with van der Waals surface area (Å²) in [6, 6.07) is 3.76. The lowest BCUT2D eigenvalue weighted by Crippen LogP contribution is -2.40. The highest BCUT2D eigenvalue weighted by Crippen LogP contribution is 2.29. The van der Waals surface area contributed by atoms with Crippen LogP contribution in [0.4, 0.5) is 18.9 Å². The average molecular weight is 355 g/mol. The minimum absolute atomic E-state index is 0.0492. The third-order valence-corrected chi connectivity index (χ3v) is 3.60. The van der Waals surface area contributed by atoms with Crippen LogP contribution < -0.4 is 11.2 Å². The highest BCUT2D eigenvalue weighted by molar-refractivity contribution is 5.88. The van der Waals surface area contributed by atoms with Crippen molar-refractivity contribution >= 4 is 16.7 Å². The van der Waals surface area contributed by atoms with Gasteiger partial charge in [-0.2, -0.15) is 13.2 Å². The summed E-state index contributed by atoms with van der Waals surface area (Å²) in [6.07, 6.45) is -3.91. The Balaban J connectivity index is 2.35. The maximum Gasteiger partial charge on any atom is 0.431 e. The van der Waals surface area contributed by atoms with Crippen molar-refractivity contribution in [1.29, 1.82) is 0 Å². The van der Waals surface area contributed by atoms with Crippen LogP contribution in [-0.2, 0) is 13.2 Å². The fraction of sp³-hybridized carbons (Fsp3) is 0.143. The van der Waals surface area contributed by atoms with Gasteiger partial charge in [-0.3, -0.25) is 19.5 Å². The van der Waals surface area contributed by atoms with Crippen molar-refractivity contribution in [3.63, 3.8) is 0 Å². The standard InChI is InChI=1S/C14H8F3N3O5/c1-18-11(14(15,16)17)5-12(21)19(13(18)22)9-6-25-10-3-2-7(20(23)24)4-8(9)10/h2-6H,1H3. The molecule has 2 aromatic heterocycles. The van der Waals surface area contributed by atoms with Crippen LogP contribution in [0.1, 0.15) is 5.69 Å². The molecule has 0 bridgehead atoms. The number of fused-ring (bicyclic) bond motifs is 1. The molecular formula is C14H8F3N3O5. The molecule has 2 heterocycles. The predicted octanol–water partition coefficient (Wildman–Crippen LogP) is 2.21. The van der Waals surface area contributed by atoms with Crippen molar-refractivity contribution < 1.29 is 22.5 Å². The Bertz CT molecular complexity index is 1120. The predicted molar refractivity (Wildman–Crippen MR) is 78.7 cm³/mol. The second-order valence-electron chi connectivity index (χ2n) is 5.10. The fourth-order valence-corrected chi connectivity index (χ4v) is 2.41. The molecule has 0 amide bonds. The molecule has 8 nitrogen and oxygen atoms in total. The lowest BCUT2D eigenvalue weighted by molar-refractivity contribution is -0.384. The zero-order valence-electron chi connectivity index (χ0n) is 12.4. The first-order valence-corrected chi connectivity index (χ1v) is 6.67. The molecule has 3 aromatic rings. The Hall–Kier alpha value is -3.37. The maximum atomic E-state index is 12.9. The molecular weight excluding hydrogens is 347 g/mol. The molecule has 3 rings (SSSR count). The van der Waals surface area contributed by atoms with Gasteiger partial charge in [0.1, 0.15) is 23.2 Å². The summed E-state index contributed by atoms with van der Waals surface area (Å²) in [5, 5.41) is 10.9. The fourth-order valence-electron chi connectivity index (χ4n) is 2.41. The Morgan fingerprint density at radius 2 is 1.88 bits per heavy atom. The van der Waals surface area contributed by atoms with Gasteiger partial charge in [0.15, 0.2) is 0 Å². The van der Waals surface area contributed by atoms with E-state index in [0.717, 1.165) is 25.4 Å². The molecule has 11 heteroatoms. The van der Waals surface area contributed by atoms with Crippen molar-refractivity contribution in [2.24, 2.45) is 7.05 Å². The number of furan rings is 1. The molecule has 1 aromatic carbocycles. The number of hydrogen-bond acceptors (Lipinski definition) is 5. The molecule has 130 valence electrons. The van der Waals surface area contributed by atoms with E-state index in [0.29, 0.717) is 4.57 Å². The molecule has 0 saturated heterocycles. The summed E-state index contributed by atoms with van der Waals surface area (Å²) in [6.45, 7) is 0. The zero-order chi connectivity index (χ0) is 18.5. The first kappa shape index (κ1) is 16.5. The van der Waals surface area contributed by atoms with Crippen LogP contribution in [0.3, 0.4) is 0 Å². The van der Waals surface area contributed by atoms with Gasteiger partial charge >= 0.3 is 11.9 Å². The van der Waals surface area contributed by atoms with E-state index in [1.807, 2.05) is 0 Å². The Morgan fingerprint density at radius 1 is 1.20 bits per heavy atom. The van der Waals surface area contributed by atoms with E-state index in [4.69, 9.17) is 4.42 Å². The van der Waals surface area contributed by atoms with Crippen molar-refractivity contribution in [3.05, 3.63) is 67.2 Å². The number of nitro groups is 1. The van der Waals surface area contributed by atoms with E-state index >= 15 is 0 Å². The number of rotatable bonds is 2. The van der Waals surface area contributed by atoms with Gasteiger partial charge in [-0.15, -0.1) is 0 Å². The Morgan fingerprint density at radius 3 is 2.48 bits per heavy atom. The summed E-state index contributed by atoms with van der Waals surface area (Å²) < 4.78 is 44.5. The maximum absolute atomic E-state index is 12.9. The van der Waals surface area contributed by atoms with Crippen LogP contribution in [0.5, 0.6) is 0 Å². The van der Waals surface area contributed by atoms with E-state index in [2.05, 4.69) is 0 Å². The number of benzene rings is 1. The van der Waals surface area contributed by atoms with Gasteiger partial charge in [0, 0.05) is 25.2 Å². The normalized spacial score (nSPS) is 11.8. The van der Waals surface area contributed by atoms with Crippen LogP contribution in [0, 0.1) is 10.1 Å². The van der Waals surface area contributed by atoms with Gasteiger partial charge in [0.25, 0.3) is 11.2 Å². The number of non-ortho nitro benzene ring substituents is 1. The van der Waals surface area contributed by atoms with Crippen LogP contribution >= 0.6 is 0 Å². The van der Waals surface area contributed by atoms with Gasteiger partial charge in [0.05, 0.1) is 10.3 Å². The number of nitrogens with zero attached hydrogens (tertiary/aromatic N) is 3. The number of halogens is 3. The van der Waals surface area contributed by atoms with Crippen molar-refractivity contribution in [3.8, 4) is 5.69 Å². The minimum Gasteiger partial charge on any atom is -0.462 e. The van der Waals surface area contributed by atoms with E-state index in [1.54, 1.807) is 0 Å². The molecule has 0 radical (unpaired) electrons.